The van der Waals surface area contributed by atoms with Gasteiger partial charge in [-0.15, -0.1) is 0 Å². The summed E-state index contributed by atoms with van der Waals surface area (Å²) in [6.07, 6.45) is 2.85. The number of primary amides is 1. The third-order valence-corrected chi connectivity index (χ3v) is 5.64. The molecular formula is C23H22N4O4S. The van der Waals surface area contributed by atoms with E-state index >= 15 is 0 Å². The summed E-state index contributed by atoms with van der Waals surface area (Å²) in [6, 6.07) is 16.2. The molecule has 2 amide bonds. The Balaban J connectivity index is 1.94. The molecule has 3 aromatic rings. The minimum absolute atomic E-state index is 0.0567. The molecule has 0 saturated carbocycles. The first-order chi connectivity index (χ1) is 15.0. The van der Waals surface area contributed by atoms with Crippen molar-refractivity contribution in [1.29, 1.82) is 0 Å². The lowest BCUT2D eigenvalue weighted by atomic mass is 9.96. The van der Waals surface area contributed by atoms with E-state index in [0.29, 0.717) is 22.4 Å². The van der Waals surface area contributed by atoms with Gasteiger partial charge in [-0.25, -0.2) is 13.6 Å². The number of hydrogen-bond donors (Lipinski definition) is 4. The average molecular weight is 451 g/mol. The highest BCUT2D eigenvalue weighted by atomic mass is 32.2. The van der Waals surface area contributed by atoms with Gasteiger partial charge in [-0.05, 0) is 60.5 Å². The van der Waals surface area contributed by atoms with Crippen molar-refractivity contribution in [1.82, 2.24) is 0 Å². The van der Waals surface area contributed by atoms with Gasteiger partial charge in [0.15, 0.2) is 0 Å². The van der Waals surface area contributed by atoms with Crippen LogP contribution in [0.15, 0.2) is 71.6 Å². The molecule has 0 aliphatic rings. The molecule has 0 unspecified atom stereocenters. The lowest BCUT2D eigenvalue weighted by Gasteiger charge is -2.12. The quantitative estimate of drug-likeness (QED) is 0.335. The van der Waals surface area contributed by atoms with Crippen LogP contribution in [0.4, 0.5) is 11.4 Å². The molecule has 8 nitrogen and oxygen atoms in total. The highest BCUT2D eigenvalue weighted by Crippen LogP contribution is 2.31. The Morgan fingerprint density at radius 1 is 0.969 bits per heavy atom. The van der Waals surface area contributed by atoms with Crippen LogP contribution in [0, 0.1) is 6.92 Å². The lowest BCUT2D eigenvalue weighted by Crippen LogP contribution is -2.14. The van der Waals surface area contributed by atoms with Gasteiger partial charge in [0.05, 0.1) is 16.1 Å². The second-order valence-corrected chi connectivity index (χ2v) is 8.71. The molecule has 3 rings (SSSR count). The summed E-state index contributed by atoms with van der Waals surface area (Å²) >= 11 is 0. The highest BCUT2D eigenvalue weighted by Gasteiger charge is 2.15. The average Bonchev–Trinajstić information content (AvgIpc) is 2.74. The topological polar surface area (TPSA) is 158 Å². The number of nitrogens with one attached hydrogen (secondary N) is 1. The van der Waals surface area contributed by atoms with Crippen molar-refractivity contribution in [3.8, 4) is 11.1 Å². The molecule has 0 spiro atoms. The Labute approximate surface area is 185 Å². The first-order valence-electron chi connectivity index (χ1n) is 9.47. The van der Waals surface area contributed by atoms with Crippen LogP contribution in [0.3, 0.4) is 0 Å². The zero-order chi connectivity index (χ0) is 23.5. The van der Waals surface area contributed by atoms with Crippen LogP contribution < -0.4 is 21.9 Å². The molecule has 0 radical (unpaired) electrons. The van der Waals surface area contributed by atoms with Gasteiger partial charge in [-0.2, -0.15) is 0 Å². The molecule has 0 heterocycles. The molecule has 0 atom stereocenters. The number of rotatable bonds is 6. The first-order valence-corrected chi connectivity index (χ1v) is 11.0. The van der Waals surface area contributed by atoms with Crippen molar-refractivity contribution in [3.63, 3.8) is 0 Å². The fourth-order valence-electron chi connectivity index (χ4n) is 3.03. The maximum Gasteiger partial charge on any atom is 0.250 e. The second-order valence-electron chi connectivity index (χ2n) is 7.15. The van der Waals surface area contributed by atoms with Gasteiger partial charge in [0, 0.05) is 17.3 Å². The zero-order valence-corrected chi connectivity index (χ0v) is 18.0. The summed E-state index contributed by atoms with van der Waals surface area (Å²) in [4.78, 5) is 24.1. The zero-order valence-electron chi connectivity index (χ0n) is 17.2. The van der Waals surface area contributed by atoms with Crippen molar-refractivity contribution in [2.24, 2.45) is 10.9 Å². The Kier molecular flexibility index (Phi) is 6.42. The SMILES string of the molecule is Cc1ccc(NC(=O)/C=C/c2cc(C(N)=O)c(N)c(-c3ccc(S(N)(=O)=O)cc3)c2)cc1. The largest absolute Gasteiger partial charge is 0.398 e. The lowest BCUT2D eigenvalue weighted by molar-refractivity contribution is -0.111. The van der Waals surface area contributed by atoms with E-state index in [0.717, 1.165) is 5.56 Å². The second kappa shape index (κ2) is 9.04. The van der Waals surface area contributed by atoms with Crippen LogP contribution in [-0.4, -0.2) is 20.2 Å². The maximum absolute atomic E-state index is 12.3. The Morgan fingerprint density at radius 2 is 1.59 bits per heavy atom. The van der Waals surface area contributed by atoms with E-state index in [1.807, 2.05) is 19.1 Å². The van der Waals surface area contributed by atoms with Crippen LogP contribution in [0.2, 0.25) is 0 Å². The molecule has 7 N–H and O–H groups in total. The molecule has 164 valence electrons. The number of aryl methyl sites for hydroxylation is 1. The highest BCUT2D eigenvalue weighted by molar-refractivity contribution is 7.89. The van der Waals surface area contributed by atoms with Crippen molar-refractivity contribution in [3.05, 3.63) is 83.4 Å². The third kappa shape index (κ3) is 5.39. The van der Waals surface area contributed by atoms with E-state index in [1.54, 1.807) is 18.2 Å². The number of amides is 2. The fraction of sp³-hybridized carbons (Fsp3) is 0.0435. The fourth-order valence-corrected chi connectivity index (χ4v) is 3.55. The van der Waals surface area contributed by atoms with Crippen molar-refractivity contribution in [2.75, 3.05) is 11.1 Å². The summed E-state index contributed by atoms with van der Waals surface area (Å²) in [5, 5.41) is 7.88. The van der Waals surface area contributed by atoms with Gasteiger partial charge < -0.3 is 16.8 Å². The van der Waals surface area contributed by atoms with Gasteiger partial charge >= 0.3 is 0 Å². The minimum atomic E-state index is -3.85. The number of benzene rings is 3. The normalized spacial score (nSPS) is 11.4. The van der Waals surface area contributed by atoms with Crippen LogP contribution >= 0.6 is 0 Å². The molecule has 0 aliphatic heterocycles. The van der Waals surface area contributed by atoms with Crippen molar-refractivity contribution < 1.29 is 18.0 Å². The summed E-state index contributed by atoms with van der Waals surface area (Å²) in [6.45, 7) is 1.95. The molecule has 3 aromatic carbocycles. The van der Waals surface area contributed by atoms with E-state index in [4.69, 9.17) is 16.6 Å². The number of carbonyl (C=O) groups excluding carboxylic acids is 2. The first kappa shape index (κ1) is 22.7. The molecular weight excluding hydrogens is 428 g/mol. The monoisotopic (exact) mass is 450 g/mol. The molecule has 0 fully saturated rings. The summed E-state index contributed by atoms with van der Waals surface area (Å²) in [5.74, 6) is -1.09. The Morgan fingerprint density at radius 3 is 2.16 bits per heavy atom. The van der Waals surface area contributed by atoms with Crippen LogP contribution in [-0.2, 0) is 14.8 Å². The number of primary sulfonamides is 1. The molecule has 0 aliphatic carbocycles. The van der Waals surface area contributed by atoms with Crippen molar-refractivity contribution >= 4 is 39.3 Å². The number of nitrogen functional groups attached to an aromatic ring is 1. The minimum Gasteiger partial charge on any atom is -0.398 e. The number of sulfonamides is 1. The predicted molar refractivity (Wildman–Crippen MR) is 125 cm³/mol. The maximum atomic E-state index is 12.3. The van der Waals surface area contributed by atoms with E-state index in [2.05, 4.69) is 5.32 Å². The summed E-state index contributed by atoms with van der Waals surface area (Å²) in [5.41, 5.74) is 15.1. The standard InChI is InChI=1S/C23H22N4O4S/c1-14-2-7-17(8-3-14)27-21(28)11-4-15-12-19(22(24)20(13-15)23(25)29)16-5-9-18(10-6-16)32(26,30)31/h2-13H,24H2,1H3,(H2,25,29)(H,27,28)(H2,26,30,31)/b11-4+. The smallest absolute Gasteiger partial charge is 0.250 e. The Bertz CT molecular complexity index is 1310. The van der Waals surface area contributed by atoms with Gasteiger partial charge in [0.25, 0.3) is 5.91 Å². The molecule has 0 saturated heterocycles. The number of carbonyl (C=O) groups is 2. The molecule has 9 heteroatoms. The van der Waals surface area contributed by atoms with E-state index in [1.165, 1.54) is 42.5 Å². The molecule has 0 bridgehead atoms. The van der Waals surface area contributed by atoms with Crippen LogP contribution in [0.5, 0.6) is 0 Å². The van der Waals surface area contributed by atoms with Gasteiger partial charge in [0.1, 0.15) is 0 Å². The van der Waals surface area contributed by atoms with Gasteiger partial charge in [0.2, 0.25) is 15.9 Å². The summed E-state index contributed by atoms with van der Waals surface area (Å²) < 4.78 is 23.0. The number of nitrogens with two attached hydrogens (primary N) is 3. The van der Waals surface area contributed by atoms with Crippen LogP contribution in [0.1, 0.15) is 21.5 Å². The number of anilines is 2. The van der Waals surface area contributed by atoms with Gasteiger partial charge in [-0.3, -0.25) is 9.59 Å². The molecule has 0 aromatic heterocycles. The number of hydrogen-bond acceptors (Lipinski definition) is 5. The Hall–Kier alpha value is -3.95. The van der Waals surface area contributed by atoms with Crippen molar-refractivity contribution in [2.45, 2.75) is 11.8 Å². The summed E-state index contributed by atoms with van der Waals surface area (Å²) in [7, 11) is -3.85. The van der Waals surface area contributed by atoms with Crippen LogP contribution in [0.25, 0.3) is 17.2 Å². The third-order valence-electron chi connectivity index (χ3n) is 4.71. The van der Waals surface area contributed by atoms with E-state index in [9.17, 15) is 18.0 Å². The van der Waals surface area contributed by atoms with E-state index < -0.39 is 15.9 Å². The van der Waals surface area contributed by atoms with E-state index in [-0.39, 0.29) is 22.1 Å². The van der Waals surface area contributed by atoms with Gasteiger partial charge in [-0.1, -0.05) is 29.8 Å². The predicted octanol–water partition coefficient (Wildman–Crippen LogP) is 2.64. The molecule has 32 heavy (non-hydrogen) atoms.